The lowest BCUT2D eigenvalue weighted by molar-refractivity contribution is 0.461. The van der Waals surface area contributed by atoms with Crippen molar-refractivity contribution in [2.75, 3.05) is 6.54 Å². The minimum atomic E-state index is 0.370. The van der Waals surface area contributed by atoms with Gasteiger partial charge < -0.3 is 10.3 Å². The summed E-state index contributed by atoms with van der Waals surface area (Å²) in [4.78, 5) is 5.53. The number of nitrogens with zero attached hydrogens (tertiary/aromatic N) is 2. The van der Waals surface area contributed by atoms with Crippen LogP contribution in [0.25, 0.3) is 10.6 Å². The summed E-state index contributed by atoms with van der Waals surface area (Å²) in [6, 6.07) is 4.57. The van der Waals surface area contributed by atoms with E-state index in [2.05, 4.69) is 34.0 Å². The van der Waals surface area contributed by atoms with Gasteiger partial charge in [0.2, 0.25) is 0 Å². The van der Waals surface area contributed by atoms with Crippen molar-refractivity contribution in [3.63, 3.8) is 0 Å². The molecule has 0 aliphatic carbocycles. The third-order valence-electron chi connectivity index (χ3n) is 3.00. The maximum atomic E-state index is 5.88. The van der Waals surface area contributed by atoms with E-state index < -0.39 is 0 Å². The summed E-state index contributed by atoms with van der Waals surface area (Å²) in [7, 11) is 0. The van der Waals surface area contributed by atoms with Gasteiger partial charge in [-0.2, -0.15) is 0 Å². The molecule has 17 heavy (non-hydrogen) atoms. The van der Waals surface area contributed by atoms with Gasteiger partial charge >= 0.3 is 0 Å². The van der Waals surface area contributed by atoms with Crippen LogP contribution in [0, 0.1) is 0 Å². The van der Waals surface area contributed by atoms with Crippen LogP contribution in [0.2, 0.25) is 0 Å². The number of hydrogen-bond donors (Lipinski definition) is 1. The summed E-state index contributed by atoms with van der Waals surface area (Å²) in [6.07, 6.45) is 7.38. The van der Waals surface area contributed by atoms with Crippen LogP contribution in [0.3, 0.4) is 0 Å². The molecule has 1 unspecified atom stereocenters. The molecule has 2 aromatic rings. The van der Waals surface area contributed by atoms with E-state index in [0.29, 0.717) is 12.6 Å². The average Bonchev–Trinajstić information content (AvgIpc) is 3.00. The number of nitrogens with two attached hydrogens (primary N) is 1. The van der Waals surface area contributed by atoms with Crippen LogP contribution in [0.15, 0.2) is 30.0 Å². The maximum Gasteiger partial charge on any atom is 0.0954 e. The van der Waals surface area contributed by atoms with Crippen LogP contribution in [0.4, 0.5) is 0 Å². The Labute approximate surface area is 106 Å². The second-order valence-electron chi connectivity index (χ2n) is 4.20. The highest BCUT2D eigenvalue weighted by Gasteiger charge is 2.13. The van der Waals surface area contributed by atoms with E-state index in [1.807, 2.05) is 12.5 Å². The summed E-state index contributed by atoms with van der Waals surface area (Å²) in [5, 5.41) is 2.09. The SMILES string of the molecule is CCCCC(CN)n1cncc1-c1cccs1. The molecule has 0 saturated heterocycles. The van der Waals surface area contributed by atoms with Crippen LogP contribution in [0.5, 0.6) is 0 Å². The monoisotopic (exact) mass is 249 g/mol. The van der Waals surface area contributed by atoms with Crippen LogP contribution < -0.4 is 5.73 Å². The van der Waals surface area contributed by atoms with Gasteiger partial charge in [-0.3, -0.25) is 0 Å². The Morgan fingerprint density at radius 2 is 2.41 bits per heavy atom. The first-order valence-electron chi connectivity index (χ1n) is 6.12. The molecule has 0 fully saturated rings. The van der Waals surface area contributed by atoms with Crippen molar-refractivity contribution in [1.82, 2.24) is 9.55 Å². The molecule has 2 aromatic heterocycles. The standard InChI is InChI=1S/C13H19N3S/c1-2-3-5-11(8-14)16-10-15-9-12(16)13-6-4-7-17-13/h4,6-7,9-11H,2-3,5,8,14H2,1H3. The Morgan fingerprint density at radius 3 is 3.06 bits per heavy atom. The van der Waals surface area contributed by atoms with Gasteiger partial charge in [0.15, 0.2) is 0 Å². The third kappa shape index (κ3) is 2.76. The predicted molar refractivity (Wildman–Crippen MR) is 73.2 cm³/mol. The molecular weight excluding hydrogens is 230 g/mol. The molecule has 2 N–H and O–H groups in total. The summed E-state index contributed by atoms with van der Waals surface area (Å²) in [5.41, 5.74) is 7.07. The largest absolute Gasteiger partial charge is 0.328 e. The Kier molecular flexibility index (Phi) is 4.34. The zero-order chi connectivity index (χ0) is 12.1. The van der Waals surface area contributed by atoms with Crippen molar-refractivity contribution < 1.29 is 0 Å². The highest BCUT2D eigenvalue weighted by Crippen LogP contribution is 2.28. The van der Waals surface area contributed by atoms with E-state index in [1.165, 1.54) is 23.4 Å². The molecule has 2 rings (SSSR count). The lowest BCUT2D eigenvalue weighted by Crippen LogP contribution is -2.19. The van der Waals surface area contributed by atoms with E-state index in [1.54, 1.807) is 11.3 Å². The number of thiophene rings is 1. The first-order valence-corrected chi connectivity index (χ1v) is 7.00. The minimum Gasteiger partial charge on any atom is -0.328 e. The summed E-state index contributed by atoms with van der Waals surface area (Å²) in [6.45, 7) is 2.89. The molecule has 0 bridgehead atoms. The molecule has 0 radical (unpaired) electrons. The maximum absolute atomic E-state index is 5.88. The molecule has 2 heterocycles. The highest BCUT2D eigenvalue weighted by molar-refractivity contribution is 7.13. The normalized spacial score (nSPS) is 12.8. The molecule has 0 aromatic carbocycles. The summed E-state index contributed by atoms with van der Waals surface area (Å²) < 4.78 is 2.22. The van der Waals surface area contributed by atoms with Crippen LogP contribution >= 0.6 is 11.3 Å². The van der Waals surface area contributed by atoms with Crippen molar-refractivity contribution in [1.29, 1.82) is 0 Å². The predicted octanol–water partition coefficient (Wildman–Crippen LogP) is 3.30. The van der Waals surface area contributed by atoms with Crippen molar-refractivity contribution >= 4 is 11.3 Å². The Bertz CT molecular complexity index is 433. The van der Waals surface area contributed by atoms with E-state index in [9.17, 15) is 0 Å². The number of imidazole rings is 1. The van der Waals surface area contributed by atoms with Crippen molar-refractivity contribution in [2.24, 2.45) is 5.73 Å². The van der Waals surface area contributed by atoms with Gasteiger partial charge in [-0.1, -0.05) is 25.8 Å². The average molecular weight is 249 g/mol. The van der Waals surface area contributed by atoms with E-state index in [-0.39, 0.29) is 0 Å². The van der Waals surface area contributed by atoms with Crippen LogP contribution in [-0.2, 0) is 0 Å². The quantitative estimate of drug-likeness (QED) is 0.853. The first kappa shape index (κ1) is 12.3. The zero-order valence-electron chi connectivity index (χ0n) is 10.2. The summed E-state index contributed by atoms with van der Waals surface area (Å²) >= 11 is 1.74. The fraction of sp³-hybridized carbons (Fsp3) is 0.462. The topological polar surface area (TPSA) is 43.8 Å². The first-order chi connectivity index (χ1) is 8.36. The van der Waals surface area contributed by atoms with E-state index in [0.717, 1.165) is 6.42 Å². The second kappa shape index (κ2) is 5.98. The minimum absolute atomic E-state index is 0.370. The van der Waals surface area contributed by atoms with E-state index >= 15 is 0 Å². The third-order valence-corrected chi connectivity index (χ3v) is 3.89. The van der Waals surface area contributed by atoms with Gasteiger partial charge in [0.1, 0.15) is 0 Å². The zero-order valence-corrected chi connectivity index (χ0v) is 11.0. The molecule has 0 aliphatic heterocycles. The molecule has 3 nitrogen and oxygen atoms in total. The molecule has 0 aliphatic rings. The molecule has 1 atom stereocenters. The number of hydrogen-bond acceptors (Lipinski definition) is 3. The summed E-state index contributed by atoms with van der Waals surface area (Å²) in [5.74, 6) is 0. The van der Waals surface area contributed by atoms with Gasteiger partial charge in [0.05, 0.1) is 23.1 Å². The molecular formula is C13H19N3S. The smallest absolute Gasteiger partial charge is 0.0954 e. The van der Waals surface area contributed by atoms with Gasteiger partial charge in [0.25, 0.3) is 0 Å². The van der Waals surface area contributed by atoms with Gasteiger partial charge in [-0.15, -0.1) is 11.3 Å². The fourth-order valence-electron chi connectivity index (χ4n) is 2.02. The Morgan fingerprint density at radius 1 is 1.53 bits per heavy atom. The number of aromatic nitrogens is 2. The van der Waals surface area contributed by atoms with E-state index in [4.69, 9.17) is 5.73 Å². The van der Waals surface area contributed by atoms with Crippen molar-refractivity contribution in [2.45, 2.75) is 32.2 Å². The van der Waals surface area contributed by atoms with Gasteiger partial charge in [-0.25, -0.2) is 4.98 Å². The molecule has 92 valence electrons. The lowest BCUT2D eigenvalue weighted by Gasteiger charge is -2.18. The Balaban J connectivity index is 2.23. The second-order valence-corrected chi connectivity index (χ2v) is 5.14. The fourth-order valence-corrected chi connectivity index (χ4v) is 2.76. The number of rotatable bonds is 6. The van der Waals surface area contributed by atoms with Crippen molar-refractivity contribution in [3.05, 3.63) is 30.0 Å². The van der Waals surface area contributed by atoms with Crippen molar-refractivity contribution in [3.8, 4) is 10.6 Å². The Hall–Kier alpha value is -1.13. The number of unbranched alkanes of at least 4 members (excludes halogenated alkanes) is 1. The highest BCUT2D eigenvalue weighted by atomic mass is 32.1. The van der Waals surface area contributed by atoms with Gasteiger partial charge in [-0.05, 0) is 17.9 Å². The molecule has 0 spiro atoms. The van der Waals surface area contributed by atoms with Gasteiger partial charge in [0, 0.05) is 12.6 Å². The lowest BCUT2D eigenvalue weighted by atomic mass is 10.1. The molecule has 4 heteroatoms. The molecule has 0 amide bonds. The molecule has 0 saturated carbocycles. The van der Waals surface area contributed by atoms with Crippen LogP contribution in [0.1, 0.15) is 32.2 Å². The van der Waals surface area contributed by atoms with Crippen LogP contribution in [-0.4, -0.2) is 16.1 Å².